The van der Waals surface area contributed by atoms with E-state index in [9.17, 15) is 4.79 Å². The third-order valence-electron chi connectivity index (χ3n) is 6.08. The van der Waals surface area contributed by atoms with Gasteiger partial charge in [0.1, 0.15) is 8.80 Å². The Balaban J connectivity index is 1.85. The SMILES string of the molecule is CCCC[SiH](C#CC(=O)NCCc1ccc(-c2ccccc2)c(C)c1)CCC(C)CC. The number of nitrogens with one attached hydrogen (secondary N) is 1. The maximum absolute atomic E-state index is 12.2. The fourth-order valence-electron chi connectivity index (χ4n) is 3.78. The molecule has 0 bridgehead atoms. The Morgan fingerprint density at radius 3 is 2.55 bits per heavy atom. The summed E-state index contributed by atoms with van der Waals surface area (Å²) in [6.45, 7) is 9.58. The van der Waals surface area contributed by atoms with Gasteiger partial charge in [0.15, 0.2) is 0 Å². The first-order chi connectivity index (χ1) is 15.0. The van der Waals surface area contributed by atoms with E-state index in [2.05, 4.69) is 86.9 Å². The largest absolute Gasteiger partial charge is 0.345 e. The van der Waals surface area contributed by atoms with Gasteiger partial charge in [-0.2, -0.15) is 0 Å². The van der Waals surface area contributed by atoms with Crippen LogP contribution in [0.15, 0.2) is 48.5 Å². The van der Waals surface area contributed by atoms with E-state index in [1.54, 1.807) is 0 Å². The van der Waals surface area contributed by atoms with Crippen LogP contribution in [0.3, 0.4) is 0 Å². The molecule has 0 aromatic heterocycles. The molecule has 2 aromatic carbocycles. The summed E-state index contributed by atoms with van der Waals surface area (Å²) in [4.78, 5) is 12.2. The molecular weight excluding hydrogens is 394 g/mol. The number of hydrogen-bond acceptors (Lipinski definition) is 1. The number of amides is 1. The lowest BCUT2D eigenvalue weighted by Crippen LogP contribution is -2.24. The molecule has 1 amide bonds. The van der Waals surface area contributed by atoms with Crippen LogP contribution in [0.1, 0.15) is 57.6 Å². The van der Waals surface area contributed by atoms with E-state index in [0.717, 1.165) is 12.3 Å². The zero-order valence-corrected chi connectivity index (χ0v) is 21.0. The molecule has 0 radical (unpaired) electrons. The second-order valence-electron chi connectivity index (χ2n) is 8.72. The topological polar surface area (TPSA) is 29.1 Å². The molecule has 166 valence electrons. The summed E-state index contributed by atoms with van der Waals surface area (Å²) in [6, 6.07) is 19.5. The van der Waals surface area contributed by atoms with Crippen molar-refractivity contribution in [3.05, 3.63) is 59.7 Å². The van der Waals surface area contributed by atoms with Gasteiger partial charge >= 0.3 is 0 Å². The molecule has 31 heavy (non-hydrogen) atoms. The first-order valence-electron chi connectivity index (χ1n) is 12.0. The number of carbonyl (C=O) groups excluding carboxylic acids is 1. The van der Waals surface area contributed by atoms with Crippen molar-refractivity contribution >= 4 is 14.7 Å². The maximum atomic E-state index is 12.2. The van der Waals surface area contributed by atoms with E-state index in [1.807, 2.05) is 6.07 Å². The predicted molar refractivity (Wildman–Crippen MR) is 137 cm³/mol. The van der Waals surface area contributed by atoms with E-state index in [0.29, 0.717) is 6.54 Å². The highest BCUT2D eigenvalue weighted by molar-refractivity contribution is 6.67. The van der Waals surface area contributed by atoms with E-state index < -0.39 is 8.80 Å². The van der Waals surface area contributed by atoms with Gasteiger partial charge in [-0.05, 0) is 59.5 Å². The highest BCUT2D eigenvalue weighted by Crippen LogP contribution is 2.24. The Morgan fingerprint density at radius 2 is 1.87 bits per heavy atom. The quantitative estimate of drug-likeness (QED) is 0.326. The standard InChI is InChI=1S/C28H39NOSi/c1-5-7-19-31(20-16-23(3)6-2)21-17-28(30)29-18-15-25-13-14-27(24(4)22-25)26-11-9-8-10-12-26/h8-14,22-23,31H,5-7,15-16,18-20H2,1-4H3,(H,29,30). The average Bonchev–Trinajstić information content (AvgIpc) is 2.79. The average molecular weight is 434 g/mol. The molecular formula is C28H39NOSi. The minimum atomic E-state index is -1.14. The highest BCUT2D eigenvalue weighted by Gasteiger charge is 2.10. The normalized spacial score (nSPS) is 12.5. The highest BCUT2D eigenvalue weighted by atomic mass is 28.3. The van der Waals surface area contributed by atoms with Crippen molar-refractivity contribution in [3.8, 4) is 22.6 Å². The second-order valence-corrected chi connectivity index (χ2v) is 11.6. The Bertz CT molecular complexity index is 866. The summed E-state index contributed by atoms with van der Waals surface area (Å²) in [5, 5.41) is 2.99. The molecule has 0 aliphatic heterocycles. The van der Waals surface area contributed by atoms with Crippen LogP contribution in [0.25, 0.3) is 11.1 Å². The molecule has 0 spiro atoms. The summed E-state index contributed by atoms with van der Waals surface area (Å²) in [6.07, 6.45) is 5.77. The molecule has 0 saturated heterocycles. The summed E-state index contributed by atoms with van der Waals surface area (Å²) >= 11 is 0. The molecule has 0 heterocycles. The minimum absolute atomic E-state index is 0.116. The van der Waals surface area contributed by atoms with Crippen molar-refractivity contribution in [1.82, 2.24) is 5.32 Å². The summed E-state index contributed by atoms with van der Waals surface area (Å²) in [5.74, 6) is 3.58. The van der Waals surface area contributed by atoms with Gasteiger partial charge in [-0.25, -0.2) is 0 Å². The van der Waals surface area contributed by atoms with Gasteiger partial charge in [0, 0.05) is 6.54 Å². The van der Waals surface area contributed by atoms with Gasteiger partial charge < -0.3 is 5.32 Å². The Morgan fingerprint density at radius 1 is 1.10 bits per heavy atom. The van der Waals surface area contributed by atoms with Crippen molar-refractivity contribution in [2.24, 2.45) is 5.92 Å². The number of rotatable bonds is 11. The lowest BCUT2D eigenvalue weighted by molar-refractivity contribution is -0.115. The van der Waals surface area contributed by atoms with Gasteiger partial charge in [0.05, 0.1) is 0 Å². The Hall–Kier alpha value is -2.31. The van der Waals surface area contributed by atoms with Crippen molar-refractivity contribution < 1.29 is 4.79 Å². The van der Waals surface area contributed by atoms with Crippen molar-refractivity contribution in [2.45, 2.75) is 71.9 Å². The first-order valence-corrected chi connectivity index (χ1v) is 14.2. The van der Waals surface area contributed by atoms with Crippen LogP contribution in [0.5, 0.6) is 0 Å². The van der Waals surface area contributed by atoms with Crippen LogP contribution in [-0.2, 0) is 11.2 Å². The van der Waals surface area contributed by atoms with E-state index >= 15 is 0 Å². The molecule has 0 fully saturated rings. The third kappa shape index (κ3) is 9.15. The summed E-state index contributed by atoms with van der Waals surface area (Å²) in [7, 11) is -1.14. The van der Waals surface area contributed by atoms with Gasteiger partial charge in [-0.1, -0.05) is 95.0 Å². The molecule has 2 aromatic rings. The molecule has 0 aliphatic rings. The lowest BCUT2D eigenvalue weighted by Gasteiger charge is -2.12. The van der Waals surface area contributed by atoms with Crippen molar-refractivity contribution in [1.29, 1.82) is 0 Å². The van der Waals surface area contributed by atoms with Gasteiger partial charge in [0.25, 0.3) is 5.91 Å². The maximum Gasteiger partial charge on any atom is 0.295 e. The zero-order valence-electron chi connectivity index (χ0n) is 19.8. The molecule has 2 nitrogen and oxygen atoms in total. The molecule has 3 heteroatoms. The molecule has 0 saturated carbocycles. The second kappa shape index (κ2) is 13.9. The summed E-state index contributed by atoms with van der Waals surface area (Å²) < 4.78 is 0. The Labute approximate surface area is 191 Å². The van der Waals surface area contributed by atoms with Crippen LogP contribution < -0.4 is 5.32 Å². The number of carbonyl (C=O) groups is 1. The van der Waals surface area contributed by atoms with E-state index in [4.69, 9.17) is 0 Å². The molecule has 1 N–H and O–H groups in total. The van der Waals surface area contributed by atoms with E-state index in [-0.39, 0.29) is 5.91 Å². The smallest absolute Gasteiger partial charge is 0.295 e. The van der Waals surface area contributed by atoms with Gasteiger partial charge in [-0.3, -0.25) is 4.79 Å². The summed E-state index contributed by atoms with van der Waals surface area (Å²) in [5.41, 5.74) is 8.41. The van der Waals surface area contributed by atoms with Gasteiger partial charge in [0.2, 0.25) is 0 Å². The number of benzene rings is 2. The molecule has 2 rings (SSSR count). The predicted octanol–water partition coefficient (Wildman–Crippen LogP) is 6.33. The lowest BCUT2D eigenvalue weighted by atomic mass is 9.97. The van der Waals surface area contributed by atoms with Crippen LogP contribution in [0, 0.1) is 24.3 Å². The monoisotopic (exact) mass is 433 g/mol. The number of unbranched alkanes of at least 4 members (excludes halogenated alkanes) is 1. The van der Waals surface area contributed by atoms with Crippen LogP contribution in [0.4, 0.5) is 0 Å². The fourth-order valence-corrected chi connectivity index (χ4v) is 6.57. The van der Waals surface area contributed by atoms with Crippen LogP contribution >= 0.6 is 0 Å². The van der Waals surface area contributed by atoms with Crippen LogP contribution in [-0.4, -0.2) is 21.2 Å². The van der Waals surface area contributed by atoms with Crippen molar-refractivity contribution in [3.63, 3.8) is 0 Å². The third-order valence-corrected chi connectivity index (χ3v) is 8.76. The first kappa shape index (κ1) is 25.0. The van der Waals surface area contributed by atoms with E-state index in [1.165, 1.54) is 60.0 Å². The zero-order chi connectivity index (χ0) is 22.5. The minimum Gasteiger partial charge on any atom is -0.345 e. The van der Waals surface area contributed by atoms with Crippen molar-refractivity contribution in [2.75, 3.05) is 6.54 Å². The number of aryl methyl sites for hydroxylation is 1. The molecule has 2 unspecified atom stereocenters. The fraction of sp³-hybridized carbons (Fsp3) is 0.464. The Kier molecular flexibility index (Phi) is 11.2. The van der Waals surface area contributed by atoms with Crippen LogP contribution in [0.2, 0.25) is 12.1 Å². The molecule has 0 aliphatic carbocycles. The number of hydrogen-bond donors (Lipinski definition) is 1. The molecule has 2 atom stereocenters. The van der Waals surface area contributed by atoms with Gasteiger partial charge in [-0.15, -0.1) is 5.54 Å².